The topological polar surface area (TPSA) is 318 Å². The van der Waals surface area contributed by atoms with Gasteiger partial charge >= 0.3 is 48.5 Å². The minimum atomic E-state index is -0.414. The molecule has 0 unspecified atom stereocenters. The zero-order valence-corrected chi connectivity index (χ0v) is 79.9. The second-order valence-electron chi connectivity index (χ2n) is 35.8. The lowest BCUT2D eigenvalue weighted by atomic mass is 9.90. The second kappa shape index (κ2) is 92.3. The lowest BCUT2D eigenvalue weighted by molar-refractivity contribution is 0.142. The molecule has 0 saturated heterocycles. The number of alkyl carbamates (subject to hydrolysis) is 4. The molecule has 0 spiro atoms. The maximum atomic E-state index is 12.7. The van der Waals surface area contributed by atoms with Crippen LogP contribution in [0.15, 0.2) is 0 Å². The zero-order chi connectivity index (χ0) is 88.9. The summed E-state index contributed by atoms with van der Waals surface area (Å²) in [6, 6.07) is -1.14. The molecule has 0 aliphatic heterocycles. The van der Waals surface area contributed by atoms with Gasteiger partial charge in [0.2, 0.25) is 0 Å². The molecule has 0 bridgehead atoms. The Kier molecular flexibility index (Phi) is 86.5. The van der Waals surface area contributed by atoms with Crippen LogP contribution >= 0.6 is 0 Å². The van der Waals surface area contributed by atoms with E-state index in [1.807, 2.05) is 0 Å². The van der Waals surface area contributed by atoms with Gasteiger partial charge in [0.1, 0.15) is 0 Å². The van der Waals surface area contributed by atoms with Crippen molar-refractivity contribution < 1.29 is 57.3 Å². The summed E-state index contributed by atoms with van der Waals surface area (Å²) in [6.07, 6.45) is 84.5. The van der Waals surface area contributed by atoms with Crippen molar-refractivity contribution in [1.82, 2.24) is 63.8 Å². The number of ether oxygens (including phenoxy) is 4. The van der Waals surface area contributed by atoms with E-state index in [2.05, 4.69) is 89.3 Å². The zero-order valence-electron chi connectivity index (χ0n) is 79.9. The van der Waals surface area contributed by atoms with Crippen LogP contribution in [0.5, 0.6) is 0 Å². The first-order valence-corrected chi connectivity index (χ1v) is 52.1. The van der Waals surface area contributed by atoms with Gasteiger partial charge in [-0.15, -0.1) is 0 Å². The molecule has 0 aromatic heterocycles. The van der Waals surface area contributed by atoms with Crippen molar-refractivity contribution in [1.29, 1.82) is 0 Å². The molecule has 24 heteroatoms. The molecule has 4 atom stereocenters. The van der Waals surface area contributed by atoms with Crippen molar-refractivity contribution in [2.75, 3.05) is 79.3 Å². The number of hydrogen-bond acceptors (Lipinski definition) is 12. The summed E-state index contributed by atoms with van der Waals surface area (Å²) in [5.74, 6) is 0. The minimum absolute atomic E-state index is 0.0907. The predicted octanol–water partition coefficient (Wildman–Crippen LogP) is 25.4. The third-order valence-electron chi connectivity index (χ3n) is 24.3. The van der Waals surface area contributed by atoms with Crippen molar-refractivity contribution in [3.05, 3.63) is 0 Å². The Bertz CT molecular complexity index is 2320. The van der Waals surface area contributed by atoms with Crippen LogP contribution in [0.3, 0.4) is 0 Å². The number of hydrogen-bond donors (Lipinski definition) is 12. The lowest BCUT2D eigenvalue weighted by Crippen LogP contribution is -2.56. The summed E-state index contributed by atoms with van der Waals surface area (Å²) >= 11 is 0. The number of nitrogens with one attached hydrogen (secondary N) is 12. The number of unbranched alkanes of at least 4 members (excludes halogenated alkanes) is 57. The molecule has 24 nitrogen and oxygen atoms in total. The van der Waals surface area contributed by atoms with Crippen LogP contribution in [0.25, 0.3) is 0 Å². The first kappa shape index (κ1) is 115. The van der Waals surface area contributed by atoms with Crippen molar-refractivity contribution in [2.45, 2.75) is 507 Å². The molecule has 722 valence electrons. The fourth-order valence-electron chi connectivity index (χ4n) is 16.5. The Morgan fingerprint density at radius 1 is 0.195 bits per heavy atom. The summed E-state index contributed by atoms with van der Waals surface area (Å²) in [6.45, 7) is 13.0. The van der Waals surface area contributed by atoms with E-state index < -0.39 is 6.09 Å². The van der Waals surface area contributed by atoms with Crippen molar-refractivity contribution >= 4 is 48.5 Å². The summed E-state index contributed by atoms with van der Waals surface area (Å²) in [4.78, 5) is 97.4. The van der Waals surface area contributed by atoms with E-state index in [1.165, 1.54) is 277 Å². The van der Waals surface area contributed by atoms with Crippen LogP contribution in [0, 0.1) is 0 Å². The largest absolute Gasteiger partial charge is 0.453 e. The van der Waals surface area contributed by atoms with Gasteiger partial charge in [-0.2, -0.15) is 0 Å². The lowest BCUT2D eigenvalue weighted by Gasteiger charge is -2.32. The first-order chi connectivity index (χ1) is 60.4. The normalized spacial score (nSPS) is 14.8. The van der Waals surface area contributed by atoms with Crippen molar-refractivity contribution in [2.24, 2.45) is 0 Å². The van der Waals surface area contributed by atoms with Gasteiger partial charge < -0.3 is 82.7 Å². The molecular formula is C99H194N12O12. The fraction of sp³-hybridized carbons (Fsp3) is 0.919. The van der Waals surface area contributed by atoms with Crippen LogP contribution in [0.1, 0.15) is 483 Å². The van der Waals surface area contributed by atoms with Gasteiger partial charge in [-0.1, -0.05) is 387 Å². The third-order valence-corrected chi connectivity index (χ3v) is 24.3. The van der Waals surface area contributed by atoms with Crippen LogP contribution < -0.4 is 63.8 Å². The molecule has 12 N–H and O–H groups in total. The Balaban J connectivity index is 0.00000128. The molecule has 0 heterocycles. The standard InChI is InChI=1S/C58H114N6O6.C41H80N6O6/c1-3-5-7-9-11-13-15-17-19-21-23-25-27-29-35-43-51-69-57(67)61-49-41-33-31-39-47-59-55(65)63-53-45-37-38-46-54(53)64-56(66)60-48-40-32-34-42-50-62-58(68)70-52-44-36-30-28-26-24-22-20-18-16-14-12-10-8-6-4-2;1-3-4-5-6-7-8-9-10-11-12-13-14-15-16-21-28-35-53-41(51)45-34-27-20-18-25-32-43-39(49)47-37-30-23-22-29-36(37)46-38(48)42-31-24-17-19-26-33-44-40(50)52-2/h53-54H,3-52H2,1-2H3,(H,61,67)(H,62,68)(H2,59,63,65)(H2,60,64,66);36-37H,3-35H2,1-2H3,(H,44,50)(H,45,51)(H2,42,46,48)(H2,43,47,49)/t53-,54-;36-,37-/m10/s1. The molecule has 0 aromatic carbocycles. The molecule has 2 aliphatic carbocycles. The Hall–Kier alpha value is -5.84. The molecule has 12 amide bonds. The highest BCUT2D eigenvalue weighted by Gasteiger charge is 2.29. The van der Waals surface area contributed by atoms with Crippen molar-refractivity contribution in [3.8, 4) is 0 Å². The average Bonchev–Trinajstić information content (AvgIpc) is 0.877. The minimum Gasteiger partial charge on any atom is -0.453 e. The Labute approximate surface area is 752 Å². The number of methoxy groups -OCH3 is 1. The summed E-state index contributed by atoms with van der Waals surface area (Å²) in [7, 11) is 1.35. The van der Waals surface area contributed by atoms with E-state index >= 15 is 0 Å². The molecular weight excluding hydrogens is 1550 g/mol. The summed E-state index contributed by atoms with van der Waals surface area (Å²) in [5.41, 5.74) is 0. The van der Waals surface area contributed by atoms with Gasteiger partial charge in [0.05, 0.1) is 51.1 Å². The van der Waals surface area contributed by atoms with Gasteiger partial charge in [-0.25, -0.2) is 38.4 Å². The molecule has 2 aliphatic rings. The van der Waals surface area contributed by atoms with Gasteiger partial charge in [-0.05, 0) is 96.3 Å². The number of carbonyl (C=O) groups is 8. The van der Waals surface area contributed by atoms with E-state index in [0.717, 1.165) is 193 Å². The number of carbonyl (C=O) groups excluding carboxylic acids is 8. The highest BCUT2D eigenvalue weighted by atomic mass is 16.6. The predicted molar refractivity (Wildman–Crippen MR) is 509 cm³/mol. The van der Waals surface area contributed by atoms with Crippen LogP contribution in [0.4, 0.5) is 38.4 Å². The van der Waals surface area contributed by atoms with E-state index in [0.29, 0.717) is 72.2 Å². The van der Waals surface area contributed by atoms with Crippen LogP contribution in [-0.2, 0) is 18.9 Å². The second-order valence-corrected chi connectivity index (χ2v) is 35.8. The van der Waals surface area contributed by atoms with Crippen LogP contribution in [-0.4, -0.2) is 152 Å². The van der Waals surface area contributed by atoms with E-state index in [4.69, 9.17) is 14.2 Å². The molecule has 0 aromatic rings. The molecule has 123 heavy (non-hydrogen) atoms. The quantitative estimate of drug-likeness (QED) is 0.0200. The van der Waals surface area contributed by atoms with Gasteiger partial charge in [-0.3, -0.25) is 0 Å². The van der Waals surface area contributed by atoms with E-state index in [1.54, 1.807) is 0 Å². The highest BCUT2D eigenvalue weighted by Crippen LogP contribution is 2.23. The van der Waals surface area contributed by atoms with Crippen molar-refractivity contribution in [3.63, 3.8) is 0 Å². The fourth-order valence-corrected chi connectivity index (χ4v) is 16.5. The Morgan fingerprint density at radius 2 is 0.341 bits per heavy atom. The Morgan fingerprint density at radius 3 is 0.512 bits per heavy atom. The van der Waals surface area contributed by atoms with E-state index in [9.17, 15) is 38.4 Å². The molecule has 0 radical (unpaired) electrons. The summed E-state index contributed by atoms with van der Waals surface area (Å²) in [5, 5.41) is 35.4. The van der Waals surface area contributed by atoms with E-state index in [-0.39, 0.29) is 66.6 Å². The number of rotatable bonds is 83. The smallest absolute Gasteiger partial charge is 0.407 e. The monoisotopic (exact) mass is 1740 g/mol. The van der Waals surface area contributed by atoms with Gasteiger partial charge in [0, 0.05) is 52.4 Å². The SMILES string of the molecule is CCCCCCCCCCCCCCCCCCOC(=O)NCCCCCCNC(=O)N[C@@H]1CCCC[C@H]1NC(=O)NCCCCCCNC(=O)OCCCCCCCCCCCCCCCCCC.CCCCCCCCCCCCCCCCCCOC(=O)NCCCCCCNC(=O)N[C@H]1CCCC[C@@H]1NC(=O)NCCCCCCNC(=O)OC. The third kappa shape index (κ3) is 82.9. The first-order valence-electron chi connectivity index (χ1n) is 52.1. The average molecular weight is 1740 g/mol. The van der Waals surface area contributed by atoms with Crippen LogP contribution in [0.2, 0.25) is 0 Å². The summed E-state index contributed by atoms with van der Waals surface area (Å²) < 4.78 is 20.6. The number of amides is 12. The highest BCUT2D eigenvalue weighted by molar-refractivity contribution is 5.77. The molecule has 2 saturated carbocycles. The number of urea groups is 4. The van der Waals surface area contributed by atoms with Gasteiger partial charge in [0.15, 0.2) is 0 Å². The maximum Gasteiger partial charge on any atom is 0.407 e. The van der Waals surface area contributed by atoms with Gasteiger partial charge in [0.25, 0.3) is 0 Å². The molecule has 2 fully saturated rings. The maximum absolute atomic E-state index is 12.7. The molecule has 2 rings (SSSR count).